The van der Waals surface area contributed by atoms with E-state index in [0.29, 0.717) is 29.9 Å². The summed E-state index contributed by atoms with van der Waals surface area (Å²) in [4.78, 5) is 26.6. The second-order valence-corrected chi connectivity index (χ2v) is 8.93. The largest absolute Gasteiger partial charge is 0.506 e. The molecule has 2 amide bonds. The second kappa shape index (κ2) is 9.27. The highest BCUT2D eigenvalue weighted by molar-refractivity contribution is 14.1. The zero-order valence-corrected chi connectivity index (χ0v) is 19.3. The van der Waals surface area contributed by atoms with Crippen LogP contribution in [0.1, 0.15) is 34.3 Å². The zero-order chi connectivity index (χ0) is 22.0. The van der Waals surface area contributed by atoms with Gasteiger partial charge in [0.1, 0.15) is 5.75 Å². The first-order chi connectivity index (χ1) is 15.0. The van der Waals surface area contributed by atoms with Crippen molar-refractivity contribution < 1.29 is 19.4 Å². The SMILES string of the molecule is COC[C@@H]1CCCN1c1ccc(CN/C=C2\C(=O)NC(=O)c3ccc(I)cc32)cc1O. The Balaban J connectivity index is 1.49. The number of nitrogens with one attached hydrogen (secondary N) is 2. The average Bonchev–Trinajstić information content (AvgIpc) is 3.18. The number of phenolic OH excluding ortho intramolecular Hbond substituents is 1. The fourth-order valence-corrected chi connectivity index (χ4v) is 4.64. The van der Waals surface area contributed by atoms with Crippen LogP contribution in [-0.2, 0) is 16.1 Å². The van der Waals surface area contributed by atoms with Crippen molar-refractivity contribution in [1.82, 2.24) is 10.6 Å². The Hall–Kier alpha value is -2.59. The number of fused-ring (bicyclic) bond motifs is 1. The average molecular weight is 533 g/mol. The molecule has 0 aliphatic carbocycles. The monoisotopic (exact) mass is 533 g/mol. The number of halogens is 1. The van der Waals surface area contributed by atoms with E-state index in [-0.39, 0.29) is 17.7 Å². The van der Waals surface area contributed by atoms with Gasteiger partial charge in [-0.3, -0.25) is 14.9 Å². The molecule has 0 saturated carbocycles. The standard InChI is InChI=1S/C23H24IN3O4/c1-31-13-16-3-2-8-27(16)20-7-4-14(9-21(20)28)11-25-12-19-18-10-15(24)5-6-17(18)22(29)26-23(19)30/h4-7,9-10,12,16,25,28H,2-3,8,11,13H2,1H3,(H,26,29,30)/b19-12-/t16-/m0/s1. The lowest BCUT2D eigenvalue weighted by molar-refractivity contribution is -0.114. The van der Waals surface area contributed by atoms with Gasteiger partial charge in [0, 0.05) is 41.1 Å². The van der Waals surface area contributed by atoms with Crippen molar-refractivity contribution in [3.05, 3.63) is 62.9 Å². The predicted octanol–water partition coefficient (Wildman–Crippen LogP) is 3.01. The maximum absolute atomic E-state index is 12.4. The van der Waals surface area contributed by atoms with Crippen molar-refractivity contribution in [2.75, 3.05) is 25.2 Å². The highest BCUT2D eigenvalue weighted by Crippen LogP contribution is 2.34. The summed E-state index contributed by atoms with van der Waals surface area (Å²) < 4.78 is 6.25. The van der Waals surface area contributed by atoms with Gasteiger partial charge in [0.25, 0.3) is 11.8 Å². The number of rotatable bonds is 6. The Morgan fingerprint density at radius 2 is 2.06 bits per heavy atom. The summed E-state index contributed by atoms with van der Waals surface area (Å²) in [7, 11) is 1.70. The van der Waals surface area contributed by atoms with E-state index >= 15 is 0 Å². The van der Waals surface area contributed by atoms with Crippen molar-refractivity contribution in [2.24, 2.45) is 0 Å². The molecule has 2 aliphatic rings. The van der Waals surface area contributed by atoms with Crippen LogP contribution in [0.2, 0.25) is 0 Å². The predicted molar refractivity (Wildman–Crippen MR) is 127 cm³/mol. The number of aromatic hydroxyl groups is 1. The first-order valence-electron chi connectivity index (χ1n) is 10.1. The van der Waals surface area contributed by atoms with Crippen LogP contribution in [0, 0.1) is 3.57 Å². The summed E-state index contributed by atoms with van der Waals surface area (Å²) >= 11 is 2.16. The van der Waals surface area contributed by atoms with Crippen molar-refractivity contribution in [3.8, 4) is 5.75 Å². The van der Waals surface area contributed by atoms with Crippen molar-refractivity contribution in [1.29, 1.82) is 0 Å². The van der Waals surface area contributed by atoms with Gasteiger partial charge in [-0.25, -0.2) is 0 Å². The minimum Gasteiger partial charge on any atom is -0.506 e. The molecule has 1 saturated heterocycles. The number of phenols is 1. The lowest BCUT2D eigenvalue weighted by Gasteiger charge is -2.27. The molecule has 0 radical (unpaired) electrons. The number of imide groups is 1. The van der Waals surface area contributed by atoms with E-state index in [1.54, 1.807) is 25.4 Å². The van der Waals surface area contributed by atoms with Gasteiger partial charge in [-0.15, -0.1) is 0 Å². The molecule has 4 rings (SSSR count). The molecule has 8 heteroatoms. The molecular weight excluding hydrogens is 509 g/mol. The summed E-state index contributed by atoms with van der Waals surface area (Å²) in [5, 5.41) is 16.1. The van der Waals surface area contributed by atoms with Gasteiger partial charge < -0.3 is 20.1 Å². The number of hydrogen-bond acceptors (Lipinski definition) is 6. The number of amides is 2. The number of ether oxygens (including phenoxy) is 1. The van der Waals surface area contributed by atoms with Gasteiger partial charge in [-0.2, -0.15) is 0 Å². The lowest BCUT2D eigenvalue weighted by atomic mass is 9.95. The van der Waals surface area contributed by atoms with Crippen LogP contribution < -0.4 is 15.5 Å². The first-order valence-corrected chi connectivity index (χ1v) is 11.2. The number of carbonyl (C=O) groups excluding carboxylic acids is 2. The van der Waals surface area contributed by atoms with Crippen LogP contribution >= 0.6 is 22.6 Å². The summed E-state index contributed by atoms with van der Waals surface area (Å²) in [5.41, 5.74) is 3.20. The van der Waals surface area contributed by atoms with Crippen molar-refractivity contribution in [3.63, 3.8) is 0 Å². The molecule has 2 aromatic rings. The molecule has 7 nitrogen and oxygen atoms in total. The van der Waals surface area contributed by atoms with E-state index in [2.05, 4.69) is 38.1 Å². The summed E-state index contributed by atoms with van der Waals surface area (Å²) in [6.07, 6.45) is 3.75. The van der Waals surface area contributed by atoms with Gasteiger partial charge >= 0.3 is 0 Å². The minimum absolute atomic E-state index is 0.232. The Bertz CT molecular complexity index is 1050. The molecule has 31 heavy (non-hydrogen) atoms. The van der Waals surface area contributed by atoms with E-state index in [4.69, 9.17) is 4.74 Å². The topological polar surface area (TPSA) is 90.9 Å². The summed E-state index contributed by atoms with van der Waals surface area (Å²) in [5.74, 6) is -0.581. The van der Waals surface area contributed by atoms with Crippen LogP contribution in [0.4, 0.5) is 5.69 Å². The molecule has 0 spiro atoms. The fraction of sp³-hybridized carbons (Fsp3) is 0.304. The van der Waals surface area contributed by atoms with Crippen LogP contribution in [0.15, 0.2) is 42.6 Å². The molecule has 162 valence electrons. The maximum Gasteiger partial charge on any atom is 0.260 e. The molecule has 1 fully saturated rings. The van der Waals surface area contributed by atoms with Crippen molar-refractivity contribution in [2.45, 2.75) is 25.4 Å². The molecule has 2 aliphatic heterocycles. The van der Waals surface area contributed by atoms with Crippen molar-refractivity contribution >= 4 is 45.7 Å². The Kier molecular flexibility index (Phi) is 6.47. The van der Waals surface area contributed by atoms with Gasteiger partial charge in [-0.1, -0.05) is 6.07 Å². The normalized spacial score (nSPS) is 19.5. The number of benzene rings is 2. The van der Waals surface area contributed by atoms with Gasteiger partial charge in [0.15, 0.2) is 0 Å². The van der Waals surface area contributed by atoms with Crippen LogP contribution in [0.5, 0.6) is 5.75 Å². The first kappa shape index (κ1) is 21.6. The third-order valence-corrected chi connectivity index (χ3v) is 6.30. The Labute approximate surface area is 194 Å². The Morgan fingerprint density at radius 1 is 1.23 bits per heavy atom. The highest BCUT2D eigenvalue weighted by atomic mass is 127. The lowest BCUT2D eigenvalue weighted by Crippen LogP contribution is -2.37. The van der Waals surface area contributed by atoms with E-state index in [9.17, 15) is 14.7 Å². The quantitative estimate of drug-likeness (QED) is 0.301. The third-order valence-electron chi connectivity index (χ3n) is 5.63. The van der Waals surface area contributed by atoms with Gasteiger partial charge in [-0.05, 0) is 71.3 Å². The van der Waals surface area contributed by atoms with E-state index < -0.39 is 5.91 Å². The van der Waals surface area contributed by atoms with E-state index in [1.807, 2.05) is 24.3 Å². The van der Waals surface area contributed by atoms with Gasteiger partial charge in [0.2, 0.25) is 0 Å². The molecule has 1 atom stereocenters. The second-order valence-electron chi connectivity index (χ2n) is 7.68. The third kappa shape index (κ3) is 4.54. The van der Waals surface area contributed by atoms with Crippen LogP contribution in [0.25, 0.3) is 5.57 Å². The molecule has 2 aromatic carbocycles. The number of nitrogens with zero attached hydrogens (tertiary/aromatic N) is 1. The fourth-order valence-electron chi connectivity index (χ4n) is 4.15. The molecule has 2 heterocycles. The summed E-state index contributed by atoms with van der Waals surface area (Å²) in [6.45, 7) is 1.97. The van der Waals surface area contributed by atoms with Gasteiger partial charge in [0.05, 0.1) is 23.9 Å². The Morgan fingerprint density at radius 3 is 2.84 bits per heavy atom. The molecule has 0 bridgehead atoms. The van der Waals surface area contributed by atoms with E-state index in [0.717, 1.165) is 34.2 Å². The van der Waals surface area contributed by atoms with Crippen LogP contribution in [-0.4, -0.2) is 43.2 Å². The van der Waals surface area contributed by atoms with Crippen LogP contribution in [0.3, 0.4) is 0 Å². The highest BCUT2D eigenvalue weighted by Gasteiger charge is 2.28. The smallest absolute Gasteiger partial charge is 0.260 e. The maximum atomic E-state index is 12.4. The number of hydrogen-bond donors (Lipinski definition) is 3. The molecule has 0 unspecified atom stereocenters. The minimum atomic E-state index is -0.427. The number of anilines is 1. The zero-order valence-electron chi connectivity index (χ0n) is 17.2. The molecule has 3 N–H and O–H groups in total. The van der Waals surface area contributed by atoms with E-state index in [1.165, 1.54) is 0 Å². The summed E-state index contributed by atoms with van der Waals surface area (Å²) in [6, 6.07) is 11.3. The number of methoxy groups -OCH3 is 1. The number of carbonyl (C=O) groups is 2. The molecule has 0 aromatic heterocycles. The molecular formula is C23H24IN3O4.